The van der Waals surface area contributed by atoms with Crippen molar-refractivity contribution in [2.24, 2.45) is 11.1 Å². The number of hydrogen-bond donors (Lipinski definition) is 1. The summed E-state index contributed by atoms with van der Waals surface area (Å²) in [6.07, 6.45) is 3.34. The first-order chi connectivity index (χ1) is 9.89. The first kappa shape index (κ1) is 15.3. The first-order valence-electron chi connectivity index (χ1n) is 8.10. The van der Waals surface area contributed by atoms with Crippen molar-refractivity contribution in [3.8, 4) is 0 Å². The van der Waals surface area contributed by atoms with E-state index >= 15 is 0 Å². The van der Waals surface area contributed by atoms with Gasteiger partial charge < -0.3 is 10.6 Å². The van der Waals surface area contributed by atoms with Crippen molar-refractivity contribution in [2.75, 3.05) is 31.6 Å². The molecule has 1 aromatic rings. The van der Waals surface area contributed by atoms with Crippen molar-refractivity contribution in [3.05, 3.63) is 10.6 Å². The number of fused-ring (bicyclic) bond motifs is 1. The van der Waals surface area contributed by atoms with Crippen LogP contribution in [0.15, 0.2) is 0 Å². The summed E-state index contributed by atoms with van der Waals surface area (Å²) in [6.45, 7) is 10.2. The molecule has 2 heterocycles. The largest absolute Gasteiger partial charge is 0.345 e. The van der Waals surface area contributed by atoms with Crippen LogP contribution in [0.25, 0.3) is 0 Å². The van der Waals surface area contributed by atoms with Crippen LogP contribution in [0, 0.1) is 5.41 Å². The van der Waals surface area contributed by atoms with Crippen LogP contribution in [0.2, 0.25) is 0 Å². The Kier molecular flexibility index (Phi) is 4.01. The number of rotatable bonds is 2. The van der Waals surface area contributed by atoms with Crippen LogP contribution >= 0.6 is 11.3 Å². The summed E-state index contributed by atoms with van der Waals surface area (Å²) in [4.78, 5) is 11.2. The second-order valence-electron chi connectivity index (χ2n) is 7.45. The highest BCUT2D eigenvalue weighted by atomic mass is 32.1. The zero-order chi connectivity index (χ0) is 15.2. The van der Waals surface area contributed by atoms with Gasteiger partial charge in [0.2, 0.25) is 0 Å². The third kappa shape index (κ3) is 2.96. The fourth-order valence-electron chi connectivity index (χ4n) is 3.68. The molecule has 0 radical (unpaired) electrons. The van der Waals surface area contributed by atoms with Gasteiger partial charge in [-0.25, -0.2) is 4.98 Å². The lowest BCUT2D eigenvalue weighted by Gasteiger charge is -2.39. The topological polar surface area (TPSA) is 45.4 Å². The first-order valence-corrected chi connectivity index (χ1v) is 8.91. The SMILES string of the molecule is CCC1CN(c2nc3c(s2)C(N)CC(C)(C)C3)CCN1C. The maximum absolute atomic E-state index is 6.38. The monoisotopic (exact) mass is 308 g/mol. The van der Waals surface area contributed by atoms with E-state index in [2.05, 4.69) is 37.6 Å². The molecule has 5 heteroatoms. The Balaban J connectivity index is 1.82. The molecule has 2 atom stereocenters. The summed E-state index contributed by atoms with van der Waals surface area (Å²) >= 11 is 1.84. The summed E-state index contributed by atoms with van der Waals surface area (Å²) in [5.41, 5.74) is 7.92. The molecule has 2 unspecified atom stereocenters. The summed E-state index contributed by atoms with van der Waals surface area (Å²) in [6, 6.07) is 0.814. The van der Waals surface area contributed by atoms with Gasteiger partial charge in [0.15, 0.2) is 5.13 Å². The molecule has 21 heavy (non-hydrogen) atoms. The third-order valence-electron chi connectivity index (χ3n) is 4.99. The normalized spacial score (nSPS) is 29.5. The molecule has 0 spiro atoms. The van der Waals surface area contributed by atoms with Gasteiger partial charge in [0.25, 0.3) is 0 Å². The van der Waals surface area contributed by atoms with E-state index in [0.717, 1.165) is 32.5 Å². The van der Waals surface area contributed by atoms with E-state index in [1.54, 1.807) is 0 Å². The molecule has 0 saturated carbocycles. The number of hydrogen-bond acceptors (Lipinski definition) is 5. The van der Waals surface area contributed by atoms with Gasteiger partial charge in [-0.1, -0.05) is 32.1 Å². The summed E-state index contributed by atoms with van der Waals surface area (Å²) < 4.78 is 0. The van der Waals surface area contributed by atoms with Crippen LogP contribution in [0.4, 0.5) is 5.13 Å². The van der Waals surface area contributed by atoms with E-state index in [1.165, 1.54) is 22.1 Å². The van der Waals surface area contributed by atoms with Crippen LogP contribution in [0.5, 0.6) is 0 Å². The van der Waals surface area contributed by atoms with Gasteiger partial charge in [-0.3, -0.25) is 4.90 Å². The average molecular weight is 308 g/mol. The quantitative estimate of drug-likeness (QED) is 0.912. The van der Waals surface area contributed by atoms with Crippen molar-refractivity contribution in [1.82, 2.24) is 9.88 Å². The van der Waals surface area contributed by atoms with Crippen molar-refractivity contribution in [1.29, 1.82) is 0 Å². The smallest absolute Gasteiger partial charge is 0.185 e. The van der Waals surface area contributed by atoms with Gasteiger partial charge >= 0.3 is 0 Å². The number of likely N-dealkylation sites (N-methyl/N-ethyl adjacent to an activating group) is 1. The highest BCUT2D eigenvalue weighted by molar-refractivity contribution is 7.15. The van der Waals surface area contributed by atoms with Crippen LogP contribution in [-0.4, -0.2) is 42.6 Å². The maximum Gasteiger partial charge on any atom is 0.185 e. The van der Waals surface area contributed by atoms with Crippen molar-refractivity contribution in [2.45, 2.75) is 52.1 Å². The minimum Gasteiger partial charge on any atom is -0.345 e. The average Bonchev–Trinajstić information content (AvgIpc) is 2.82. The molecule has 1 aromatic heterocycles. The fraction of sp³-hybridized carbons (Fsp3) is 0.812. The number of nitrogens with zero attached hydrogens (tertiary/aromatic N) is 3. The Labute approximate surface area is 132 Å². The predicted molar refractivity (Wildman–Crippen MR) is 90.1 cm³/mol. The number of anilines is 1. The molecular weight excluding hydrogens is 280 g/mol. The van der Waals surface area contributed by atoms with Gasteiger partial charge in [-0.2, -0.15) is 0 Å². The lowest BCUT2D eigenvalue weighted by atomic mass is 9.77. The van der Waals surface area contributed by atoms with E-state index in [1.807, 2.05) is 11.3 Å². The molecule has 1 saturated heterocycles. The predicted octanol–water partition coefficient (Wildman–Crippen LogP) is 2.65. The summed E-state index contributed by atoms with van der Waals surface area (Å²) in [5.74, 6) is 0. The fourth-order valence-corrected chi connectivity index (χ4v) is 4.79. The third-order valence-corrected chi connectivity index (χ3v) is 6.28. The molecule has 1 aliphatic heterocycles. The van der Waals surface area contributed by atoms with Crippen LogP contribution in [0.3, 0.4) is 0 Å². The van der Waals surface area contributed by atoms with Crippen LogP contribution < -0.4 is 10.6 Å². The van der Waals surface area contributed by atoms with E-state index in [-0.39, 0.29) is 11.5 Å². The van der Waals surface area contributed by atoms with Crippen LogP contribution in [-0.2, 0) is 6.42 Å². The van der Waals surface area contributed by atoms with Gasteiger partial charge in [0, 0.05) is 36.6 Å². The van der Waals surface area contributed by atoms with E-state index in [0.29, 0.717) is 6.04 Å². The molecule has 2 N–H and O–H groups in total. The molecule has 0 aromatic carbocycles. The standard InChI is InChI=1S/C16H28N4S/c1-5-11-10-20(7-6-19(11)4)15-18-13-9-16(2,3)8-12(17)14(13)21-15/h11-12H,5-10,17H2,1-4H3. The minimum atomic E-state index is 0.171. The maximum atomic E-state index is 6.38. The number of piperazine rings is 1. The number of aromatic nitrogens is 1. The molecular formula is C16H28N4S. The van der Waals surface area contributed by atoms with Gasteiger partial charge in [-0.05, 0) is 31.7 Å². The van der Waals surface area contributed by atoms with Crippen molar-refractivity contribution >= 4 is 16.5 Å². The zero-order valence-electron chi connectivity index (χ0n) is 13.7. The molecule has 1 aliphatic carbocycles. The van der Waals surface area contributed by atoms with E-state index in [9.17, 15) is 0 Å². The Morgan fingerprint density at radius 1 is 1.38 bits per heavy atom. The van der Waals surface area contributed by atoms with Crippen molar-refractivity contribution < 1.29 is 0 Å². The Hall–Kier alpha value is -0.650. The lowest BCUT2D eigenvalue weighted by molar-refractivity contribution is 0.213. The highest BCUT2D eigenvalue weighted by Gasteiger charge is 2.34. The Bertz CT molecular complexity index is 510. The van der Waals surface area contributed by atoms with Gasteiger partial charge in [-0.15, -0.1) is 0 Å². The zero-order valence-corrected chi connectivity index (χ0v) is 14.5. The van der Waals surface area contributed by atoms with E-state index in [4.69, 9.17) is 10.7 Å². The molecule has 0 amide bonds. The Morgan fingerprint density at radius 2 is 2.14 bits per heavy atom. The minimum absolute atomic E-state index is 0.171. The van der Waals surface area contributed by atoms with Crippen LogP contribution in [0.1, 0.15) is 50.2 Å². The molecule has 118 valence electrons. The van der Waals surface area contributed by atoms with Crippen molar-refractivity contribution in [3.63, 3.8) is 0 Å². The Morgan fingerprint density at radius 3 is 2.86 bits per heavy atom. The van der Waals surface area contributed by atoms with Gasteiger partial charge in [0.1, 0.15) is 0 Å². The van der Waals surface area contributed by atoms with E-state index < -0.39 is 0 Å². The molecule has 0 bridgehead atoms. The summed E-state index contributed by atoms with van der Waals surface area (Å²) in [5, 5.41) is 1.19. The molecule has 3 rings (SSSR count). The highest BCUT2D eigenvalue weighted by Crippen LogP contribution is 2.43. The molecule has 4 nitrogen and oxygen atoms in total. The summed E-state index contributed by atoms with van der Waals surface area (Å²) in [7, 11) is 2.23. The second kappa shape index (κ2) is 5.52. The molecule has 2 aliphatic rings. The number of nitrogens with two attached hydrogens (primary N) is 1. The number of thiazole rings is 1. The van der Waals surface area contributed by atoms with Gasteiger partial charge in [0.05, 0.1) is 5.69 Å². The lowest BCUT2D eigenvalue weighted by Crippen LogP contribution is -2.51. The molecule has 1 fully saturated rings. The second-order valence-corrected chi connectivity index (χ2v) is 8.46.